The number of rotatable bonds is 3. The van der Waals surface area contributed by atoms with Gasteiger partial charge in [0.25, 0.3) is 5.91 Å². The van der Waals surface area contributed by atoms with E-state index in [0.717, 1.165) is 0 Å². The van der Waals surface area contributed by atoms with Crippen molar-refractivity contribution in [2.24, 2.45) is 0 Å². The molecular formula is C11H12ClNO3. The number of nitrogens with zero attached hydrogens (tertiary/aromatic N) is 1. The highest BCUT2D eigenvalue weighted by molar-refractivity contribution is 6.32. The van der Waals surface area contributed by atoms with Crippen LogP contribution >= 0.6 is 11.6 Å². The van der Waals surface area contributed by atoms with Crippen LogP contribution in [0.25, 0.3) is 0 Å². The lowest BCUT2D eigenvalue weighted by Crippen LogP contribution is -2.54. The summed E-state index contributed by atoms with van der Waals surface area (Å²) >= 11 is 5.87. The Kier molecular flexibility index (Phi) is 3.31. The zero-order valence-electron chi connectivity index (χ0n) is 8.60. The van der Waals surface area contributed by atoms with E-state index in [1.54, 1.807) is 29.2 Å². The van der Waals surface area contributed by atoms with Crippen molar-refractivity contribution in [3.05, 3.63) is 29.3 Å². The fraction of sp³-hybridized carbons (Fsp3) is 0.364. The summed E-state index contributed by atoms with van der Waals surface area (Å²) in [5.41, 5.74) is 0. The van der Waals surface area contributed by atoms with Gasteiger partial charge in [-0.15, -0.1) is 0 Å². The zero-order valence-corrected chi connectivity index (χ0v) is 9.35. The van der Waals surface area contributed by atoms with Gasteiger partial charge in [-0.3, -0.25) is 4.79 Å². The van der Waals surface area contributed by atoms with E-state index >= 15 is 0 Å². The second-order valence-corrected chi connectivity index (χ2v) is 4.08. The maximum Gasteiger partial charge on any atom is 0.260 e. The van der Waals surface area contributed by atoms with Gasteiger partial charge in [-0.05, 0) is 12.1 Å². The summed E-state index contributed by atoms with van der Waals surface area (Å²) in [6, 6.07) is 7.00. The van der Waals surface area contributed by atoms with Crippen molar-refractivity contribution in [1.82, 2.24) is 4.90 Å². The first-order chi connectivity index (χ1) is 7.66. The Morgan fingerprint density at radius 3 is 2.81 bits per heavy atom. The highest BCUT2D eigenvalue weighted by atomic mass is 35.5. The molecule has 0 radical (unpaired) electrons. The number of ether oxygens (including phenoxy) is 1. The molecule has 1 amide bonds. The van der Waals surface area contributed by atoms with Gasteiger partial charge in [0.05, 0.1) is 11.1 Å². The first kappa shape index (κ1) is 11.2. The van der Waals surface area contributed by atoms with Crippen molar-refractivity contribution in [2.45, 2.75) is 6.10 Å². The molecule has 16 heavy (non-hydrogen) atoms. The number of hydrogen-bond acceptors (Lipinski definition) is 3. The van der Waals surface area contributed by atoms with Crippen LogP contribution < -0.4 is 4.74 Å². The molecule has 0 spiro atoms. The SMILES string of the molecule is O=C(COc1ccccc1Cl)N1CC(O)C1. The number of aliphatic hydroxyl groups excluding tert-OH is 1. The zero-order chi connectivity index (χ0) is 11.5. The first-order valence-corrected chi connectivity index (χ1v) is 5.38. The molecule has 1 heterocycles. The maximum absolute atomic E-state index is 11.5. The summed E-state index contributed by atoms with van der Waals surface area (Å²) in [6.07, 6.45) is -0.385. The molecule has 1 aliphatic heterocycles. The van der Waals surface area contributed by atoms with E-state index in [9.17, 15) is 4.79 Å². The summed E-state index contributed by atoms with van der Waals surface area (Å²) < 4.78 is 5.29. The number of halogens is 1. The van der Waals surface area contributed by atoms with Crippen molar-refractivity contribution in [2.75, 3.05) is 19.7 Å². The number of carbonyl (C=O) groups excluding carboxylic acids is 1. The van der Waals surface area contributed by atoms with Crippen LogP contribution in [0.2, 0.25) is 5.02 Å². The normalized spacial score (nSPS) is 15.8. The Bertz CT molecular complexity index is 391. The van der Waals surface area contributed by atoms with E-state index in [1.165, 1.54) is 0 Å². The third kappa shape index (κ3) is 2.46. The van der Waals surface area contributed by atoms with Crippen LogP contribution in [-0.2, 0) is 4.79 Å². The van der Waals surface area contributed by atoms with Gasteiger partial charge in [-0.2, -0.15) is 0 Å². The number of carbonyl (C=O) groups is 1. The molecule has 1 aliphatic rings. The van der Waals surface area contributed by atoms with Crippen molar-refractivity contribution < 1.29 is 14.6 Å². The quantitative estimate of drug-likeness (QED) is 0.856. The molecule has 1 saturated heterocycles. The van der Waals surface area contributed by atoms with Gasteiger partial charge in [0.1, 0.15) is 5.75 Å². The lowest BCUT2D eigenvalue weighted by atomic mass is 10.2. The summed E-state index contributed by atoms with van der Waals surface area (Å²) in [4.78, 5) is 13.0. The molecule has 5 heteroatoms. The fourth-order valence-electron chi connectivity index (χ4n) is 1.45. The fourth-order valence-corrected chi connectivity index (χ4v) is 1.64. The predicted molar refractivity (Wildman–Crippen MR) is 59.5 cm³/mol. The van der Waals surface area contributed by atoms with E-state index in [4.69, 9.17) is 21.4 Å². The third-order valence-electron chi connectivity index (χ3n) is 2.40. The Hall–Kier alpha value is -1.26. The topological polar surface area (TPSA) is 49.8 Å². The van der Waals surface area contributed by atoms with Gasteiger partial charge in [-0.1, -0.05) is 23.7 Å². The highest BCUT2D eigenvalue weighted by Gasteiger charge is 2.28. The first-order valence-electron chi connectivity index (χ1n) is 5.00. The highest BCUT2D eigenvalue weighted by Crippen LogP contribution is 2.23. The minimum absolute atomic E-state index is 0.0452. The average molecular weight is 242 g/mol. The van der Waals surface area contributed by atoms with Gasteiger partial charge in [-0.25, -0.2) is 0 Å². The third-order valence-corrected chi connectivity index (χ3v) is 2.72. The van der Waals surface area contributed by atoms with Gasteiger partial charge < -0.3 is 14.7 Å². The predicted octanol–water partition coefficient (Wildman–Crippen LogP) is 0.922. The largest absolute Gasteiger partial charge is 0.482 e. The van der Waals surface area contributed by atoms with Gasteiger partial charge in [0.2, 0.25) is 0 Å². The summed E-state index contributed by atoms with van der Waals surface area (Å²) in [5.74, 6) is 0.365. The second kappa shape index (κ2) is 4.72. The van der Waals surface area contributed by atoms with Gasteiger partial charge in [0.15, 0.2) is 6.61 Å². The molecule has 0 atom stereocenters. The number of benzene rings is 1. The number of amides is 1. The van der Waals surface area contributed by atoms with Crippen molar-refractivity contribution in [1.29, 1.82) is 0 Å². The van der Waals surface area contributed by atoms with E-state index in [2.05, 4.69) is 0 Å². The summed E-state index contributed by atoms with van der Waals surface area (Å²) in [5, 5.41) is 9.53. The molecule has 1 aromatic carbocycles. The lowest BCUT2D eigenvalue weighted by Gasteiger charge is -2.35. The van der Waals surface area contributed by atoms with Crippen LogP contribution in [-0.4, -0.2) is 41.7 Å². The average Bonchev–Trinajstić information content (AvgIpc) is 2.23. The monoisotopic (exact) mass is 241 g/mol. The Morgan fingerprint density at radius 2 is 2.19 bits per heavy atom. The molecule has 4 nitrogen and oxygen atoms in total. The van der Waals surface area contributed by atoms with Crippen LogP contribution in [0, 0.1) is 0 Å². The van der Waals surface area contributed by atoms with Gasteiger partial charge in [0, 0.05) is 13.1 Å². The smallest absolute Gasteiger partial charge is 0.260 e. The molecule has 0 bridgehead atoms. The minimum Gasteiger partial charge on any atom is -0.482 e. The Balaban J connectivity index is 1.83. The Labute approximate surface area is 98.4 Å². The molecule has 1 aromatic rings. The van der Waals surface area contributed by atoms with E-state index in [1.807, 2.05) is 0 Å². The molecule has 1 N–H and O–H groups in total. The molecule has 0 saturated carbocycles. The van der Waals surface area contributed by atoms with Crippen LogP contribution in [0.4, 0.5) is 0 Å². The second-order valence-electron chi connectivity index (χ2n) is 3.67. The minimum atomic E-state index is -0.385. The van der Waals surface area contributed by atoms with E-state index < -0.39 is 0 Å². The van der Waals surface area contributed by atoms with Crippen LogP contribution in [0.5, 0.6) is 5.75 Å². The van der Waals surface area contributed by atoms with Crippen molar-refractivity contribution in [3.63, 3.8) is 0 Å². The summed E-state index contributed by atoms with van der Waals surface area (Å²) in [6.45, 7) is 0.742. The number of aliphatic hydroxyl groups is 1. The van der Waals surface area contributed by atoms with Crippen molar-refractivity contribution >= 4 is 17.5 Å². The molecule has 0 aromatic heterocycles. The molecule has 0 unspecified atom stereocenters. The molecular weight excluding hydrogens is 230 g/mol. The van der Waals surface area contributed by atoms with Crippen molar-refractivity contribution in [3.8, 4) is 5.75 Å². The number of para-hydroxylation sites is 1. The summed E-state index contributed by atoms with van der Waals surface area (Å²) in [7, 11) is 0. The molecule has 2 rings (SSSR count). The van der Waals surface area contributed by atoms with E-state index in [-0.39, 0.29) is 18.6 Å². The number of β-amino-alcohol motifs (C(OH)–C–C–N with tert-alkyl or cyclic N) is 1. The lowest BCUT2D eigenvalue weighted by molar-refractivity contribution is -0.143. The molecule has 1 fully saturated rings. The van der Waals surface area contributed by atoms with Crippen LogP contribution in [0.15, 0.2) is 24.3 Å². The molecule has 0 aliphatic carbocycles. The Morgan fingerprint density at radius 1 is 1.50 bits per heavy atom. The number of hydrogen-bond donors (Lipinski definition) is 1. The number of likely N-dealkylation sites (tertiary alicyclic amines) is 1. The van der Waals surface area contributed by atoms with E-state index in [0.29, 0.717) is 23.9 Å². The van der Waals surface area contributed by atoms with Crippen LogP contribution in [0.3, 0.4) is 0 Å². The van der Waals surface area contributed by atoms with Crippen LogP contribution in [0.1, 0.15) is 0 Å². The maximum atomic E-state index is 11.5. The standard InChI is InChI=1S/C11H12ClNO3/c12-9-3-1-2-4-10(9)16-7-11(15)13-5-8(14)6-13/h1-4,8,14H,5-7H2. The molecule has 86 valence electrons. The van der Waals surface area contributed by atoms with Gasteiger partial charge >= 0.3 is 0 Å².